The van der Waals surface area contributed by atoms with Gasteiger partial charge in [0.2, 0.25) is 0 Å². The molecule has 0 radical (unpaired) electrons. The number of carbonyl (C=O) groups excluding carboxylic acids is 1. The largest absolute Gasteiger partial charge is 0.497 e. The Kier molecular flexibility index (Phi) is 5.60. The molecular formula is C28H23N3O2. The fourth-order valence-corrected chi connectivity index (χ4v) is 4.11. The van der Waals surface area contributed by atoms with Gasteiger partial charge in [-0.25, -0.2) is 5.43 Å². The van der Waals surface area contributed by atoms with Gasteiger partial charge in [0, 0.05) is 34.8 Å². The Labute approximate surface area is 191 Å². The first kappa shape index (κ1) is 20.5. The van der Waals surface area contributed by atoms with E-state index in [1.165, 1.54) is 16.3 Å². The SMILES string of the molecule is COc1cccc(C(=O)N/N=C/c2cn(Cc3cccc4ccccc34)c3ccccc23)c1. The molecule has 0 atom stereocenters. The van der Waals surface area contributed by atoms with Crippen LogP contribution >= 0.6 is 0 Å². The fraction of sp³-hybridized carbons (Fsp3) is 0.0714. The Balaban J connectivity index is 1.42. The van der Waals surface area contributed by atoms with Gasteiger partial charge in [-0.1, -0.05) is 66.7 Å². The number of hydrogen-bond acceptors (Lipinski definition) is 3. The summed E-state index contributed by atoms with van der Waals surface area (Å²) in [6, 6.07) is 30.0. The molecule has 0 aliphatic carbocycles. The minimum atomic E-state index is -0.287. The lowest BCUT2D eigenvalue weighted by molar-refractivity contribution is 0.0955. The topological polar surface area (TPSA) is 55.6 Å². The Morgan fingerprint density at radius 2 is 1.70 bits per heavy atom. The number of rotatable bonds is 6. The van der Waals surface area contributed by atoms with Crippen molar-refractivity contribution in [3.8, 4) is 5.75 Å². The van der Waals surface area contributed by atoms with Crippen LogP contribution < -0.4 is 10.2 Å². The Bertz CT molecular complexity index is 1480. The number of hydrogen-bond donors (Lipinski definition) is 1. The van der Waals surface area contributed by atoms with Gasteiger partial charge in [-0.05, 0) is 40.6 Å². The Hall–Kier alpha value is -4.38. The number of benzene rings is 4. The predicted molar refractivity (Wildman–Crippen MR) is 133 cm³/mol. The highest BCUT2D eigenvalue weighted by atomic mass is 16.5. The quantitative estimate of drug-likeness (QED) is 0.279. The number of nitrogens with zero attached hydrogens (tertiary/aromatic N) is 2. The number of para-hydroxylation sites is 1. The van der Waals surface area contributed by atoms with Gasteiger partial charge in [-0.15, -0.1) is 0 Å². The van der Waals surface area contributed by atoms with Crippen LogP contribution in [0, 0.1) is 0 Å². The molecule has 1 heterocycles. The number of fused-ring (bicyclic) bond motifs is 2. The van der Waals surface area contributed by atoms with Gasteiger partial charge in [-0.3, -0.25) is 4.79 Å². The van der Waals surface area contributed by atoms with Crippen LogP contribution in [0.4, 0.5) is 0 Å². The summed E-state index contributed by atoms with van der Waals surface area (Å²) in [7, 11) is 1.57. The summed E-state index contributed by atoms with van der Waals surface area (Å²) in [5, 5.41) is 7.77. The zero-order valence-electron chi connectivity index (χ0n) is 18.2. The van der Waals surface area contributed by atoms with Gasteiger partial charge in [0.15, 0.2) is 0 Å². The standard InChI is InChI=1S/C28H23N3O2/c1-33-24-12-7-10-21(16-24)28(32)30-29-17-23-19-31(27-15-5-4-14-26(23)27)18-22-11-6-9-20-8-2-3-13-25(20)22/h2-17,19H,18H2,1H3,(H,30,32)/b29-17+. The van der Waals surface area contributed by atoms with Crippen molar-refractivity contribution in [2.45, 2.75) is 6.54 Å². The Morgan fingerprint density at radius 3 is 2.58 bits per heavy atom. The monoisotopic (exact) mass is 433 g/mol. The molecule has 1 N–H and O–H groups in total. The van der Waals surface area contributed by atoms with Crippen LogP contribution in [-0.4, -0.2) is 23.8 Å². The average Bonchev–Trinajstić information content (AvgIpc) is 3.21. The van der Waals surface area contributed by atoms with Gasteiger partial charge in [0.25, 0.3) is 5.91 Å². The van der Waals surface area contributed by atoms with E-state index in [2.05, 4.69) is 75.9 Å². The third-order valence-corrected chi connectivity index (χ3v) is 5.74. The number of hydrazone groups is 1. The normalized spacial score (nSPS) is 11.3. The molecule has 0 saturated heterocycles. The van der Waals surface area contributed by atoms with Crippen molar-refractivity contribution in [2.75, 3.05) is 7.11 Å². The van der Waals surface area contributed by atoms with Crippen molar-refractivity contribution in [1.29, 1.82) is 0 Å². The molecule has 33 heavy (non-hydrogen) atoms. The zero-order valence-corrected chi connectivity index (χ0v) is 18.2. The molecule has 0 bridgehead atoms. The first-order valence-corrected chi connectivity index (χ1v) is 10.7. The summed E-state index contributed by atoms with van der Waals surface area (Å²) in [6.45, 7) is 0.742. The molecule has 162 valence electrons. The molecule has 1 amide bonds. The van der Waals surface area contributed by atoms with Crippen molar-refractivity contribution in [2.24, 2.45) is 5.10 Å². The lowest BCUT2D eigenvalue weighted by atomic mass is 10.0. The molecule has 0 saturated carbocycles. The van der Waals surface area contributed by atoms with Crippen molar-refractivity contribution >= 4 is 33.8 Å². The first-order chi connectivity index (χ1) is 16.2. The van der Waals surface area contributed by atoms with Gasteiger partial charge in [0.05, 0.1) is 13.3 Å². The van der Waals surface area contributed by atoms with Crippen LogP contribution in [0.25, 0.3) is 21.7 Å². The molecule has 5 heteroatoms. The number of ether oxygens (including phenoxy) is 1. The molecule has 0 unspecified atom stereocenters. The second-order valence-electron chi connectivity index (χ2n) is 7.80. The van der Waals surface area contributed by atoms with E-state index in [0.29, 0.717) is 11.3 Å². The van der Waals surface area contributed by atoms with E-state index < -0.39 is 0 Å². The minimum Gasteiger partial charge on any atom is -0.497 e. The van der Waals surface area contributed by atoms with Crippen LogP contribution in [0.3, 0.4) is 0 Å². The summed E-state index contributed by atoms with van der Waals surface area (Å²) < 4.78 is 7.41. The Morgan fingerprint density at radius 1 is 0.939 bits per heavy atom. The first-order valence-electron chi connectivity index (χ1n) is 10.7. The molecular weight excluding hydrogens is 410 g/mol. The van der Waals surface area contributed by atoms with E-state index >= 15 is 0 Å². The maximum Gasteiger partial charge on any atom is 0.271 e. The zero-order chi connectivity index (χ0) is 22.6. The van der Waals surface area contributed by atoms with Gasteiger partial charge >= 0.3 is 0 Å². The fourth-order valence-electron chi connectivity index (χ4n) is 4.11. The van der Waals surface area contributed by atoms with E-state index in [4.69, 9.17) is 4.74 Å². The molecule has 5 rings (SSSR count). The number of aromatic nitrogens is 1. The summed E-state index contributed by atoms with van der Waals surface area (Å²) in [6.07, 6.45) is 3.77. The molecule has 5 nitrogen and oxygen atoms in total. The highest BCUT2D eigenvalue weighted by molar-refractivity contribution is 6.00. The van der Waals surface area contributed by atoms with Crippen molar-refractivity contribution in [1.82, 2.24) is 9.99 Å². The molecule has 4 aromatic carbocycles. The minimum absolute atomic E-state index is 0.287. The third kappa shape index (κ3) is 4.21. The summed E-state index contributed by atoms with van der Waals surface area (Å²) in [5.74, 6) is 0.341. The van der Waals surface area contributed by atoms with E-state index in [-0.39, 0.29) is 5.91 Å². The van der Waals surface area contributed by atoms with Gasteiger partial charge < -0.3 is 9.30 Å². The van der Waals surface area contributed by atoms with Crippen LogP contribution in [0.5, 0.6) is 5.75 Å². The number of amides is 1. The molecule has 0 fully saturated rings. The highest BCUT2D eigenvalue weighted by Crippen LogP contribution is 2.24. The maximum absolute atomic E-state index is 12.5. The van der Waals surface area contributed by atoms with E-state index in [1.807, 2.05) is 12.1 Å². The van der Waals surface area contributed by atoms with Crippen LogP contribution in [0.2, 0.25) is 0 Å². The number of carbonyl (C=O) groups is 1. The molecule has 1 aromatic heterocycles. The molecule has 0 spiro atoms. The lowest BCUT2D eigenvalue weighted by Gasteiger charge is -2.09. The smallest absolute Gasteiger partial charge is 0.271 e. The van der Waals surface area contributed by atoms with Crippen molar-refractivity contribution in [3.05, 3.63) is 114 Å². The summed E-state index contributed by atoms with van der Waals surface area (Å²) in [4.78, 5) is 12.5. The van der Waals surface area contributed by atoms with E-state index in [0.717, 1.165) is 23.0 Å². The summed E-state index contributed by atoms with van der Waals surface area (Å²) >= 11 is 0. The number of nitrogens with one attached hydrogen (secondary N) is 1. The summed E-state index contributed by atoms with van der Waals surface area (Å²) in [5.41, 5.74) is 6.41. The van der Waals surface area contributed by atoms with Crippen molar-refractivity contribution in [3.63, 3.8) is 0 Å². The van der Waals surface area contributed by atoms with E-state index in [1.54, 1.807) is 37.6 Å². The molecule has 5 aromatic rings. The predicted octanol–water partition coefficient (Wildman–Crippen LogP) is 5.62. The van der Waals surface area contributed by atoms with Crippen LogP contribution in [0.15, 0.2) is 102 Å². The molecule has 0 aliphatic heterocycles. The van der Waals surface area contributed by atoms with Gasteiger partial charge in [0.1, 0.15) is 5.75 Å². The van der Waals surface area contributed by atoms with Crippen LogP contribution in [-0.2, 0) is 6.54 Å². The maximum atomic E-state index is 12.5. The van der Waals surface area contributed by atoms with Crippen LogP contribution in [0.1, 0.15) is 21.5 Å². The van der Waals surface area contributed by atoms with Gasteiger partial charge in [-0.2, -0.15) is 5.10 Å². The van der Waals surface area contributed by atoms with Crippen molar-refractivity contribution < 1.29 is 9.53 Å². The second kappa shape index (κ2) is 9.01. The number of methoxy groups -OCH3 is 1. The van der Waals surface area contributed by atoms with E-state index in [9.17, 15) is 4.79 Å². The highest BCUT2D eigenvalue weighted by Gasteiger charge is 2.10. The molecule has 0 aliphatic rings. The second-order valence-corrected chi connectivity index (χ2v) is 7.80. The third-order valence-electron chi connectivity index (χ3n) is 5.74. The average molecular weight is 434 g/mol. The lowest BCUT2D eigenvalue weighted by Crippen LogP contribution is -2.17.